The van der Waals surface area contributed by atoms with Crippen molar-refractivity contribution in [1.29, 1.82) is 0 Å². The van der Waals surface area contributed by atoms with E-state index in [2.05, 4.69) is 0 Å². The number of fused-ring (bicyclic) bond motifs is 1. The van der Waals surface area contributed by atoms with Crippen LogP contribution < -0.4 is 4.90 Å². The van der Waals surface area contributed by atoms with Gasteiger partial charge in [-0.05, 0) is 24.5 Å². The van der Waals surface area contributed by atoms with Gasteiger partial charge in [-0.25, -0.2) is 4.79 Å². The Labute approximate surface area is 87.1 Å². The van der Waals surface area contributed by atoms with Crippen molar-refractivity contribution in [3.8, 4) is 0 Å². The van der Waals surface area contributed by atoms with Crippen LogP contribution in [0.1, 0.15) is 12.0 Å². The predicted molar refractivity (Wildman–Crippen MR) is 54.8 cm³/mol. The lowest BCUT2D eigenvalue weighted by atomic mass is 10.0. The molecule has 1 aliphatic rings. The summed E-state index contributed by atoms with van der Waals surface area (Å²) in [5.41, 5.74) is 1.77. The van der Waals surface area contributed by atoms with E-state index >= 15 is 0 Å². The lowest BCUT2D eigenvalue weighted by Gasteiger charge is -2.27. The smallest absolute Gasteiger partial charge is 0.394 e. The summed E-state index contributed by atoms with van der Waals surface area (Å²) in [6.07, 6.45) is 1.72. The Hall–Kier alpha value is -1.84. The molecular weight excluding hydrogens is 194 g/mol. The van der Waals surface area contributed by atoms with Crippen LogP contribution in [0.15, 0.2) is 24.3 Å². The van der Waals surface area contributed by atoms with E-state index in [0.717, 1.165) is 24.1 Å². The fourth-order valence-corrected chi connectivity index (χ4v) is 1.86. The number of carbonyl (C=O) groups is 2. The number of nitrogens with zero attached hydrogens (tertiary/aromatic N) is 1. The van der Waals surface area contributed by atoms with Crippen molar-refractivity contribution in [2.75, 3.05) is 11.4 Å². The molecule has 0 unspecified atom stereocenters. The van der Waals surface area contributed by atoms with Gasteiger partial charge in [0.2, 0.25) is 0 Å². The van der Waals surface area contributed by atoms with Gasteiger partial charge in [0, 0.05) is 12.2 Å². The van der Waals surface area contributed by atoms with Gasteiger partial charge in [-0.1, -0.05) is 18.2 Å². The second-order valence-electron chi connectivity index (χ2n) is 3.49. The standard InChI is InChI=1S/C11H11NO3/c13-10(11(14)15)12-7-3-5-8-4-1-2-6-9(8)12/h1-2,4,6H,3,5,7H2,(H,14,15). The minimum atomic E-state index is -1.40. The number of anilines is 1. The highest BCUT2D eigenvalue weighted by atomic mass is 16.4. The van der Waals surface area contributed by atoms with E-state index in [1.807, 2.05) is 18.2 Å². The van der Waals surface area contributed by atoms with E-state index < -0.39 is 11.9 Å². The van der Waals surface area contributed by atoms with Crippen molar-refractivity contribution in [2.45, 2.75) is 12.8 Å². The monoisotopic (exact) mass is 205 g/mol. The number of amides is 1. The van der Waals surface area contributed by atoms with Gasteiger partial charge in [0.25, 0.3) is 0 Å². The molecule has 4 nitrogen and oxygen atoms in total. The summed E-state index contributed by atoms with van der Waals surface area (Å²) in [6.45, 7) is 0.488. The molecule has 1 aliphatic heterocycles. The van der Waals surface area contributed by atoms with Gasteiger partial charge >= 0.3 is 11.9 Å². The number of para-hydroxylation sites is 1. The van der Waals surface area contributed by atoms with Crippen LogP contribution in [0.2, 0.25) is 0 Å². The van der Waals surface area contributed by atoms with Crippen molar-refractivity contribution in [2.24, 2.45) is 0 Å². The SMILES string of the molecule is O=C(O)C(=O)N1CCCc2ccccc21. The number of carboxylic acids is 1. The lowest BCUT2D eigenvalue weighted by molar-refractivity contribution is -0.148. The third-order valence-corrected chi connectivity index (χ3v) is 2.54. The topological polar surface area (TPSA) is 57.6 Å². The highest BCUT2D eigenvalue weighted by Crippen LogP contribution is 2.26. The number of benzene rings is 1. The molecule has 1 N–H and O–H groups in total. The van der Waals surface area contributed by atoms with Crippen molar-refractivity contribution < 1.29 is 14.7 Å². The molecule has 0 saturated carbocycles. The summed E-state index contributed by atoms with van der Waals surface area (Å²) in [6, 6.07) is 7.42. The number of carbonyl (C=O) groups excluding carboxylic acids is 1. The molecule has 0 saturated heterocycles. The van der Waals surface area contributed by atoms with Gasteiger partial charge in [-0.3, -0.25) is 4.79 Å². The Bertz CT molecular complexity index is 414. The zero-order chi connectivity index (χ0) is 10.8. The van der Waals surface area contributed by atoms with E-state index in [1.54, 1.807) is 6.07 Å². The maximum absolute atomic E-state index is 11.4. The average Bonchev–Trinajstić information content (AvgIpc) is 2.27. The first kappa shape index (κ1) is 9.71. The van der Waals surface area contributed by atoms with Crippen LogP contribution in [0.3, 0.4) is 0 Å². The average molecular weight is 205 g/mol. The molecule has 78 valence electrons. The first-order valence-electron chi connectivity index (χ1n) is 4.83. The van der Waals surface area contributed by atoms with Gasteiger partial charge in [0.15, 0.2) is 0 Å². The normalized spacial score (nSPS) is 14.5. The van der Waals surface area contributed by atoms with E-state index in [9.17, 15) is 9.59 Å². The van der Waals surface area contributed by atoms with Gasteiger partial charge in [-0.2, -0.15) is 0 Å². The zero-order valence-corrected chi connectivity index (χ0v) is 8.14. The molecule has 0 spiro atoms. The minimum Gasteiger partial charge on any atom is -0.474 e. The Balaban J connectivity index is 2.38. The van der Waals surface area contributed by atoms with Crippen LogP contribution in [0, 0.1) is 0 Å². The maximum Gasteiger partial charge on any atom is 0.394 e. The molecule has 0 atom stereocenters. The largest absolute Gasteiger partial charge is 0.474 e. The summed E-state index contributed by atoms with van der Waals surface area (Å²) in [4.78, 5) is 23.3. The zero-order valence-electron chi connectivity index (χ0n) is 8.14. The number of carboxylic acid groups (broad SMARTS) is 1. The van der Waals surface area contributed by atoms with E-state index in [4.69, 9.17) is 5.11 Å². The molecule has 2 rings (SSSR count). The molecule has 1 aromatic rings. The maximum atomic E-state index is 11.4. The molecule has 0 fully saturated rings. The number of aliphatic carboxylic acids is 1. The summed E-state index contributed by atoms with van der Waals surface area (Å²) in [5, 5.41) is 8.67. The van der Waals surface area contributed by atoms with Gasteiger partial charge < -0.3 is 10.0 Å². The molecule has 0 aliphatic carbocycles. The molecule has 15 heavy (non-hydrogen) atoms. The van der Waals surface area contributed by atoms with Crippen LogP contribution in [-0.4, -0.2) is 23.5 Å². The predicted octanol–water partition coefficient (Wildman–Crippen LogP) is 1.05. The van der Waals surface area contributed by atoms with Crippen LogP contribution in [0.4, 0.5) is 5.69 Å². The molecule has 1 heterocycles. The highest BCUT2D eigenvalue weighted by molar-refractivity contribution is 6.37. The molecule has 1 amide bonds. The van der Waals surface area contributed by atoms with Crippen molar-refractivity contribution >= 4 is 17.6 Å². The third-order valence-electron chi connectivity index (χ3n) is 2.54. The summed E-state index contributed by atoms with van der Waals surface area (Å²) in [7, 11) is 0. The molecule has 0 radical (unpaired) electrons. The van der Waals surface area contributed by atoms with Gasteiger partial charge in [0.05, 0.1) is 0 Å². The second-order valence-corrected chi connectivity index (χ2v) is 3.49. The van der Waals surface area contributed by atoms with Crippen LogP contribution in [-0.2, 0) is 16.0 Å². The number of hydrogen-bond acceptors (Lipinski definition) is 2. The fraction of sp³-hybridized carbons (Fsp3) is 0.273. The van der Waals surface area contributed by atoms with E-state index in [0.29, 0.717) is 6.54 Å². The van der Waals surface area contributed by atoms with Gasteiger partial charge in [0.1, 0.15) is 0 Å². The number of aryl methyl sites for hydroxylation is 1. The van der Waals surface area contributed by atoms with E-state index in [1.165, 1.54) is 4.90 Å². The van der Waals surface area contributed by atoms with Crippen LogP contribution >= 0.6 is 0 Å². The first-order valence-corrected chi connectivity index (χ1v) is 4.83. The Morgan fingerprint density at radius 3 is 2.73 bits per heavy atom. The molecule has 0 bridgehead atoms. The Morgan fingerprint density at radius 1 is 1.27 bits per heavy atom. The Morgan fingerprint density at radius 2 is 2.00 bits per heavy atom. The van der Waals surface area contributed by atoms with Crippen molar-refractivity contribution in [3.63, 3.8) is 0 Å². The van der Waals surface area contributed by atoms with Crippen LogP contribution in [0.25, 0.3) is 0 Å². The van der Waals surface area contributed by atoms with Crippen molar-refractivity contribution in [3.05, 3.63) is 29.8 Å². The van der Waals surface area contributed by atoms with Crippen LogP contribution in [0.5, 0.6) is 0 Å². The first-order chi connectivity index (χ1) is 7.20. The molecule has 0 aromatic heterocycles. The highest BCUT2D eigenvalue weighted by Gasteiger charge is 2.26. The summed E-state index contributed by atoms with van der Waals surface area (Å²) < 4.78 is 0. The molecule has 4 heteroatoms. The van der Waals surface area contributed by atoms with Crippen molar-refractivity contribution in [1.82, 2.24) is 0 Å². The minimum absolute atomic E-state index is 0.488. The quantitative estimate of drug-likeness (QED) is 0.644. The fourth-order valence-electron chi connectivity index (χ4n) is 1.86. The Kier molecular flexibility index (Phi) is 2.41. The van der Waals surface area contributed by atoms with Gasteiger partial charge in [-0.15, -0.1) is 0 Å². The summed E-state index contributed by atoms with van der Waals surface area (Å²) >= 11 is 0. The number of hydrogen-bond donors (Lipinski definition) is 1. The lowest BCUT2D eigenvalue weighted by Crippen LogP contribution is -2.39. The summed E-state index contributed by atoms with van der Waals surface area (Å²) in [5.74, 6) is -2.24. The molecular formula is C11H11NO3. The molecule has 1 aromatic carbocycles. The second kappa shape index (κ2) is 3.73. The number of rotatable bonds is 0. The van der Waals surface area contributed by atoms with E-state index in [-0.39, 0.29) is 0 Å². The third kappa shape index (κ3) is 1.70.